The topological polar surface area (TPSA) is 44.1 Å². The maximum atomic E-state index is 12.6. The van der Waals surface area contributed by atoms with Crippen molar-refractivity contribution < 1.29 is 18.0 Å². The summed E-state index contributed by atoms with van der Waals surface area (Å²) in [5.41, 5.74) is -0.365. The van der Waals surface area contributed by atoms with Crippen molar-refractivity contribution >= 4 is 23.2 Å². The van der Waals surface area contributed by atoms with E-state index < -0.39 is 17.6 Å². The molecule has 0 radical (unpaired) electrons. The first-order valence-corrected chi connectivity index (χ1v) is 6.07. The second kappa shape index (κ2) is 4.93. The van der Waals surface area contributed by atoms with E-state index in [-0.39, 0.29) is 22.0 Å². The molecule has 1 aliphatic heterocycles. The van der Waals surface area contributed by atoms with Crippen molar-refractivity contribution in [1.29, 1.82) is 5.26 Å². The fourth-order valence-electron chi connectivity index (χ4n) is 1.96. The summed E-state index contributed by atoms with van der Waals surface area (Å²) in [5, 5.41) is 8.69. The van der Waals surface area contributed by atoms with E-state index in [2.05, 4.69) is 6.58 Å². The lowest BCUT2D eigenvalue weighted by Gasteiger charge is -2.20. The summed E-state index contributed by atoms with van der Waals surface area (Å²) in [6.07, 6.45) is -4.53. The monoisotopic (exact) mass is 312 g/mol. The van der Waals surface area contributed by atoms with Gasteiger partial charge in [-0.25, -0.2) is 0 Å². The zero-order chi connectivity index (χ0) is 15.9. The summed E-state index contributed by atoms with van der Waals surface area (Å²) >= 11 is 5.85. The second-order valence-corrected chi connectivity index (χ2v) is 4.77. The highest BCUT2D eigenvalue weighted by Gasteiger charge is 2.36. The number of alkyl halides is 3. The molecule has 7 heteroatoms. The van der Waals surface area contributed by atoms with Gasteiger partial charge < -0.3 is 0 Å². The molecule has 1 amide bonds. The van der Waals surface area contributed by atoms with Crippen LogP contribution in [0.1, 0.15) is 12.5 Å². The Labute approximate surface area is 123 Å². The predicted octanol–water partition coefficient (Wildman–Crippen LogP) is 4.06. The molecule has 0 fully saturated rings. The number of nitrogens with zero attached hydrogens (tertiary/aromatic N) is 2. The van der Waals surface area contributed by atoms with Crippen LogP contribution in [0.5, 0.6) is 0 Å². The first-order chi connectivity index (χ1) is 9.68. The van der Waals surface area contributed by atoms with Crippen LogP contribution in [0.3, 0.4) is 0 Å². The molecule has 21 heavy (non-hydrogen) atoms. The molecule has 0 aliphatic carbocycles. The fourth-order valence-corrected chi connectivity index (χ4v) is 2.22. The van der Waals surface area contributed by atoms with E-state index >= 15 is 0 Å². The molecule has 1 aromatic rings. The van der Waals surface area contributed by atoms with Crippen molar-refractivity contribution in [3.8, 4) is 6.07 Å². The van der Waals surface area contributed by atoms with Gasteiger partial charge in [0.2, 0.25) is 0 Å². The summed E-state index contributed by atoms with van der Waals surface area (Å²) in [6.45, 7) is 5.21. The molecular formula is C14H8ClF3N2O. The lowest BCUT2D eigenvalue weighted by atomic mass is 10.1. The van der Waals surface area contributed by atoms with Gasteiger partial charge in [-0.1, -0.05) is 18.2 Å². The van der Waals surface area contributed by atoms with Gasteiger partial charge in [-0.3, -0.25) is 9.69 Å². The Morgan fingerprint density at radius 2 is 2.00 bits per heavy atom. The van der Waals surface area contributed by atoms with Crippen molar-refractivity contribution in [3.05, 3.63) is 52.2 Å². The van der Waals surface area contributed by atoms with Crippen LogP contribution in [0.15, 0.2) is 41.6 Å². The normalized spacial score (nSPS) is 15.7. The molecule has 0 aromatic heterocycles. The third kappa shape index (κ3) is 2.41. The summed E-state index contributed by atoms with van der Waals surface area (Å²) in [6, 6.07) is 4.39. The number of hydrogen-bond donors (Lipinski definition) is 0. The summed E-state index contributed by atoms with van der Waals surface area (Å²) in [7, 11) is 0. The first-order valence-electron chi connectivity index (χ1n) is 5.70. The highest BCUT2D eigenvalue weighted by atomic mass is 35.5. The fraction of sp³-hybridized carbons (Fsp3) is 0.143. The zero-order valence-corrected chi connectivity index (χ0v) is 11.5. The number of benzene rings is 1. The van der Waals surface area contributed by atoms with Crippen molar-refractivity contribution in [2.75, 3.05) is 4.90 Å². The highest BCUT2D eigenvalue weighted by Crippen LogP contribution is 2.39. The standard InChI is InChI=1S/C14H8ClF3N2O/c1-7-8(2)20(13(21)10(7)6-19)12-4-3-9(5-11(12)15)14(16,17)18/h3-5H,2H2,1H3. The van der Waals surface area contributed by atoms with E-state index in [4.69, 9.17) is 16.9 Å². The lowest BCUT2D eigenvalue weighted by molar-refractivity contribution is -0.137. The van der Waals surface area contributed by atoms with Crippen LogP contribution in [0.25, 0.3) is 0 Å². The Kier molecular flexibility index (Phi) is 3.56. The number of allylic oxidation sites excluding steroid dienone is 1. The van der Waals surface area contributed by atoms with Crippen LogP contribution in [-0.2, 0) is 11.0 Å². The van der Waals surface area contributed by atoms with E-state index in [0.717, 1.165) is 23.1 Å². The van der Waals surface area contributed by atoms with Gasteiger partial charge in [0, 0.05) is 5.70 Å². The van der Waals surface area contributed by atoms with Gasteiger partial charge in [-0.05, 0) is 30.7 Å². The first kappa shape index (κ1) is 15.1. The molecule has 0 unspecified atom stereocenters. The molecule has 1 aromatic carbocycles. The number of nitriles is 1. The number of halogens is 4. The largest absolute Gasteiger partial charge is 0.416 e. The van der Waals surface area contributed by atoms with Gasteiger partial charge in [0.05, 0.1) is 16.3 Å². The lowest BCUT2D eigenvalue weighted by Crippen LogP contribution is -2.25. The molecule has 1 aliphatic rings. The summed E-state index contributed by atoms with van der Waals surface area (Å²) in [5.74, 6) is -0.651. The van der Waals surface area contributed by atoms with Crippen molar-refractivity contribution in [2.45, 2.75) is 13.1 Å². The van der Waals surface area contributed by atoms with Crippen molar-refractivity contribution in [1.82, 2.24) is 0 Å². The number of hydrogen-bond acceptors (Lipinski definition) is 2. The Balaban J connectivity index is 2.49. The Morgan fingerprint density at radius 3 is 2.43 bits per heavy atom. The second-order valence-electron chi connectivity index (χ2n) is 4.36. The molecule has 2 rings (SSSR count). The van der Waals surface area contributed by atoms with E-state index in [1.807, 2.05) is 0 Å². The quantitative estimate of drug-likeness (QED) is 0.785. The Morgan fingerprint density at radius 1 is 1.38 bits per heavy atom. The minimum absolute atomic E-state index is 0.0595. The van der Waals surface area contributed by atoms with E-state index in [9.17, 15) is 18.0 Å². The molecule has 3 nitrogen and oxygen atoms in total. The number of amides is 1. The molecule has 0 bridgehead atoms. The molecule has 0 N–H and O–H groups in total. The van der Waals surface area contributed by atoms with Crippen molar-refractivity contribution in [2.24, 2.45) is 0 Å². The maximum Gasteiger partial charge on any atom is 0.416 e. The van der Waals surface area contributed by atoms with Crippen LogP contribution in [0.2, 0.25) is 5.02 Å². The highest BCUT2D eigenvalue weighted by molar-refractivity contribution is 6.34. The minimum Gasteiger partial charge on any atom is -0.275 e. The van der Waals surface area contributed by atoms with Crippen LogP contribution < -0.4 is 4.90 Å². The van der Waals surface area contributed by atoms with Gasteiger partial charge in [-0.15, -0.1) is 0 Å². The average Bonchev–Trinajstić information content (AvgIpc) is 2.60. The van der Waals surface area contributed by atoms with E-state index in [0.29, 0.717) is 5.57 Å². The Bertz CT molecular complexity index is 729. The third-order valence-electron chi connectivity index (χ3n) is 3.12. The molecule has 1 heterocycles. The van der Waals surface area contributed by atoms with Gasteiger partial charge in [0.15, 0.2) is 0 Å². The molecule has 0 spiro atoms. The maximum absolute atomic E-state index is 12.6. The van der Waals surface area contributed by atoms with E-state index in [1.165, 1.54) is 6.92 Å². The SMILES string of the molecule is C=C1C(C)=C(C#N)C(=O)N1c1ccc(C(F)(F)F)cc1Cl. The van der Waals surface area contributed by atoms with Crippen molar-refractivity contribution in [3.63, 3.8) is 0 Å². The van der Waals surface area contributed by atoms with Gasteiger partial charge >= 0.3 is 6.18 Å². The van der Waals surface area contributed by atoms with Gasteiger partial charge in [0.1, 0.15) is 11.6 Å². The summed E-state index contributed by atoms with van der Waals surface area (Å²) < 4.78 is 37.8. The minimum atomic E-state index is -4.53. The summed E-state index contributed by atoms with van der Waals surface area (Å²) in [4.78, 5) is 13.1. The Hall–Kier alpha value is -2.26. The van der Waals surface area contributed by atoms with Gasteiger partial charge in [0.25, 0.3) is 5.91 Å². The number of anilines is 1. The van der Waals surface area contributed by atoms with Crippen LogP contribution in [-0.4, -0.2) is 5.91 Å². The zero-order valence-electron chi connectivity index (χ0n) is 10.8. The van der Waals surface area contributed by atoms with Crippen LogP contribution in [0.4, 0.5) is 18.9 Å². The van der Waals surface area contributed by atoms with Crippen LogP contribution >= 0.6 is 11.6 Å². The smallest absolute Gasteiger partial charge is 0.275 e. The predicted molar refractivity (Wildman–Crippen MR) is 71.4 cm³/mol. The number of rotatable bonds is 1. The van der Waals surface area contributed by atoms with Crippen LogP contribution in [0, 0.1) is 11.3 Å². The third-order valence-corrected chi connectivity index (χ3v) is 3.43. The average molecular weight is 313 g/mol. The van der Waals surface area contributed by atoms with E-state index in [1.54, 1.807) is 6.07 Å². The molecule has 0 atom stereocenters. The molecular weight excluding hydrogens is 305 g/mol. The number of carbonyl (C=O) groups excluding carboxylic acids is 1. The molecule has 108 valence electrons. The number of carbonyl (C=O) groups is 1. The molecule has 0 saturated carbocycles. The van der Waals surface area contributed by atoms with Gasteiger partial charge in [-0.2, -0.15) is 18.4 Å². The molecule has 0 saturated heterocycles.